The molecule has 0 spiro atoms. The second-order valence-electron chi connectivity index (χ2n) is 3.69. The minimum absolute atomic E-state index is 0.136. The van der Waals surface area contributed by atoms with Crippen LogP contribution in [0.1, 0.15) is 25.7 Å². The SMILES string of the molecule is C=CC(=O)OC1(C2CCCO2)CC1. The normalized spacial score (nSPS) is 29.7. The van der Waals surface area contributed by atoms with Crippen molar-refractivity contribution < 1.29 is 14.3 Å². The Balaban J connectivity index is 1.95. The second-order valence-corrected chi connectivity index (χ2v) is 3.69. The van der Waals surface area contributed by atoms with Gasteiger partial charge in [-0.2, -0.15) is 0 Å². The third kappa shape index (κ3) is 1.61. The van der Waals surface area contributed by atoms with Crippen molar-refractivity contribution in [3.8, 4) is 0 Å². The first-order valence-electron chi connectivity index (χ1n) is 4.74. The standard InChI is InChI=1S/C10H14O3/c1-2-9(11)13-10(5-6-10)8-4-3-7-12-8/h2,8H,1,3-7H2. The molecule has 2 rings (SSSR count). The predicted octanol–water partition coefficient (Wildman–Crippen LogP) is 1.43. The Hall–Kier alpha value is -0.830. The molecule has 3 nitrogen and oxygen atoms in total. The number of rotatable bonds is 3. The summed E-state index contributed by atoms with van der Waals surface area (Å²) in [6, 6.07) is 0. The lowest BCUT2D eigenvalue weighted by molar-refractivity contribution is -0.153. The summed E-state index contributed by atoms with van der Waals surface area (Å²) in [5.74, 6) is -0.326. The van der Waals surface area contributed by atoms with Crippen LogP contribution in [0.3, 0.4) is 0 Å². The van der Waals surface area contributed by atoms with Gasteiger partial charge in [-0.15, -0.1) is 0 Å². The zero-order chi connectivity index (χ0) is 9.31. The third-order valence-electron chi connectivity index (χ3n) is 2.73. The molecular weight excluding hydrogens is 168 g/mol. The molecule has 0 aromatic heterocycles. The van der Waals surface area contributed by atoms with Crippen LogP contribution in [0, 0.1) is 0 Å². The maximum atomic E-state index is 11.0. The van der Waals surface area contributed by atoms with Gasteiger partial charge in [0, 0.05) is 12.7 Å². The molecule has 1 saturated carbocycles. The van der Waals surface area contributed by atoms with E-state index in [1.807, 2.05) is 0 Å². The number of carbonyl (C=O) groups excluding carboxylic acids is 1. The van der Waals surface area contributed by atoms with Gasteiger partial charge in [0.05, 0.1) is 6.10 Å². The molecule has 0 aromatic carbocycles. The zero-order valence-corrected chi connectivity index (χ0v) is 7.62. The van der Waals surface area contributed by atoms with Gasteiger partial charge in [-0.05, 0) is 25.7 Å². The van der Waals surface area contributed by atoms with Crippen molar-refractivity contribution in [1.29, 1.82) is 0 Å². The van der Waals surface area contributed by atoms with Gasteiger partial charge in [-0.3, -0.25) is 0 Å². The van der Waals surface area contributed by atoms with Crippen LogP contribution >= 0.6 is 0 Å². The molecule has 1 atom stereocenters. The van der Waals surface area contributed by atoms with Crippen molar-refractivity contribution in [2.24, 2.45) is 0 Å². The molecule has 1 aliphatic heterocycles. The van der Waals surface area contributed by atoms with Crippen LogP contribution in [-0.2, 0) is 14.3 Å². The van der Waals surface area contributed by atoms with Crippen LogP contribution in [0.4, 0.5) is 0 Å². The number of hydrogen-bond donors (Lipinski definition) is 0. The van der Waals surface area contributed by atoms with Gasteiger partial charge in [0.25, 0.3) is 0 Å². The van der Waals surface area contributed by atoms with Gasteiger partial charge < -0.3 is 9.47 Å². The van der Waals surface area contributed by atoms with E-state index in [4.69, 9.17) is 9.47 Å². The Morgan fingerprint density at radius 2 is 2.38 bits per heavy atom. The van der Waals surface area contributed by atoms with Crippen LogP contribution < -0.4 is 0 Å². The summed E-state index contributed by atoms with van der Waals surface area (Å²) >= 11 is 0. The van der Waals surface area contributed by atoms with Gasteiger partial charge in [0.15, 0.2) is 0 Å². The molecule has 0 amide bonds. The summed E-state index contributed by atoms with van der Waals surface area (Å²) in [7, 11) is 0. The van der Waals surface area contributed by atoms with Gasteiger partial charge in [0.1, 0.15) is 5.60 Å². The smallest absolute Gasteiger partial charge is 0.330 e. The van der Waals surface area contributed by atoms with Crippen molar-refractivity contribution in [2.75, 3.05) is 6.61 Å². The minimum Gasteiger partial charge on any atom is -0.453 e. The van der Waals surface area contributed by atoms with E-state index in [1.54, 1.807) is 0 Å². The molecule has 0 N–H and O–H groups in total. The quantitative estimate of drug-likeness (QED) is 0.489. The fraction of sp³-hybridized carbons (Fsp3) is 0.700. The molecule has 1 aliphatic carbocycles. The van der Waals surface area contributed by atoms with E-state index < -0.39 is 0 Å². The lowest BCUT2D eigenvalue weighted by Crippen LogP contribution is -2.32. The molecule has 1 saturated heterocycles. The van der Waals surface area contributed by atoms with E-state index in [9.17, 15) is 4.79 Å². The molecule has 2 aliphatic rings. The molecule has 3 heteroatoms. The Morgan fingerprint density at radius 1 is 1.62 bits per heavy atom. The van der Waals surface area contributed by atoms with Crippen molar-refractivity contribution in [2.45, 2.75) is 37.4 Å². The number of ether oxygens (including phenoxy) is 2. The molecule has 13 heavy (non-hydrogen) atoms. The van der Waals surface area contributed by atoms with E-state index >= 15 is 0 Å². The maximum absolute atomic E-state index is 11.0. The number of hydrogen-bond acceptors (Lipinski definition) is 3. The van der Waals surface area contributed by atoms with Gasteiger partial charge in [-0.1, -0.05) is 6.58 Å². The minimum atomic E-state index is -0.326. The highest BCUT2D eigenvalue weighted by Gasteiger charge is 2.54. The van der Waals surface area contributed by atoms with E-state index in [-0.39, 0.29) is 17.7 Å². The van der Waals surface area contributed by atoms with Crippen molar-refractivity contribution >= 4 is 5.97 Å². The Kier molecular flexibility index (Phi) is 2.12. The fourth-order valence-corrected chi connectivity index (χ4v) is 1.85. The van der Waals surface area contributed by atoms with Crippen molar-refractivity contribution in [3.05, 3.63) is 12.7 Å². The van der Waals surface area contributed by atoms with Gasteiger partial charge >= 0.3 is 5.97 Å². The first-order chi connectivity index (χ1) is 6.27. The van der Waals surface area contributed by atoms with Crippen LogP contribution in [0.25, 0.3) is 0 Å². The lowest BCUT2D eigenvalue weighted by atomic mass is 10.1. The highest BCUT2D eigenvalue weighted by molar-refractivity contribution is 5.81. The fourth-order valence-electron chi connectivity index (χ4n) is 1.85. The summed E-state index contributed by atoms with van der Waals surface area (Å²) in [6.07, 6.45) is 5.34. The summed E-state index contributed by atoms with van der Waals surface area (Å²) in [5, 5.41) is 0. The Labute approximate surface area is 77.7 Å². The predicted molar refractivity (Wildman–Crippen MR) is 47.2 cm³/mol. The van der Waals surface area contributed by atoms with E-state index in [1.165, 1.54) is 6.08 Å². The van der Waals surface area contributed by atoms with E-state index in [2.05, 4.69) is 6.58 Å². The summed E-state index contributed by atoms with van der Waals surface area (Å²) in [6.45, 7) is 4.19. The number of carbonyl (C=O) groups is 1. The summed E-state index contributed by atoms with van der Waals surface area (Å²) < 4.78 is 10.8. The number of esters is 1. The largest absolute Gasteiger partial charge is 0.453 e. The first-order valence-corrected chi connectivity index (χ1v) is 4.74. The van der Waals surface area contributed by atoms with E-state index in [0.29, 0.717) is 0 Å². The van der Waals surface area contributed by atoms with Crippen LogP contribution in [0.5, 0.6) is 0 Å². The average molecular weight is 182 g/mol. The molecule has 0 aromatic rings. The van der Waals surface area contributed by atoms with Crippen molar-refractivity contribution in [3.63, 3.8) is 0 Å². The molecule has 0 radical (unpaired) electrons. The first kappa shape index (κ1) is 8.75. The summed E-state index contributed by atoms with van der Waals surface area (Å²) in [4.78, 5) is 11.0. The molecule has 72 valence electrons. The molecular formula is C10H14O3. The Bertz CT molecular complexity index is 224. The average Bonchev–Trinajstić information content (AvgIpc) is 2.70. The van der Waals surface area contributed by atoms with E-state index in [0.717, 1.165) is 32.3 Å². The third-order valence-corrected chi connectivity index (χ3v) is 2.73. The highest BCUT2D eigenvalue weighted by Crippen LogP contribution is 2.47. The molecule has 1 unspecified atom stereocenters. The topological polar surface area (TPSA) is 35.5 Å². The molecule has 1 heterocycles. The maximum Gasteiger partial charge on any atom is 0.330 e. The Morgan fingerprint density at radius 3 is 2.85 bits per heavy atom. The van der Waals surface area contributed by atoms with Gasteiger partial charge in [-0.25, -0.2) is 4.79 Å². The van der Waals surface area contributed by atoms with Crippen LogP contribution in [0.2, 0.25) is 0 Å². The lowest BCUT2D eigenvalue weighted by Gasteiger charge is -2.21. The van der Waals surface area contributed by atoms with Crippen molar-refractivity contribution in [1.82, 2.24) is 0 Å². The van der Waals surface area contributed by atoms with Crippen LogP contribution in [0.15, 0.2) is 12.7 Å². The van der Waals surface area contributed by atoms with Gasteiger partial charge in [0.2, 0.25) is 0 Å². The molecule has 0 bridgehead atoms. The highest BCUT2D eigenvalue weighted by atomic mass is 16.6. The monoisotopic (exact) mass is 182 g/mol. The molecule has 2 fully saturated rings. The zero-order valence-electron chi connectivity index (χ0n) is 7.62. The summed E-state index contributed by atoms with van der Waals surface area (Å²) in [5.41, 5.74) is -0.290. The van der Waals surface area contributed by atoms with Crippen LogP contribution in [-0.4, -0.2) is 24.3 Å². The second kappa shape index (κ2) is 3.14.